The molecular weight excluding hydrogens is 320 g/mol. The van der Waals surface area contributed by atoms with E-state index in [0.717, 1.165) is 12.8 Å². The fourth-order valence-electron chi connectivity index (χ4n) is 2.45. The lowest BCUT2D eigenvalue weighted by Crippen LogP contribution is -2.46. The summed E-state index contributed by atoms with van der Waals surface area (Å²) in [5.74, 6) is 0.597. The second-order valence-electron chi connectivity index (χ2n) is 5.35. The van der Waals surface area contributed by atoms with E-state index in [9.17, 15) is 9.59 Å². The third-order valence-corrected chi connectivity index (χ3v) is 3.92. The van der Waals surface area contributed by atoms with Crippen molar-refractivity contribution in [1.82, 2.24) is 10.2 Å². The first-order valence-corrected chi connectivity index (χ1v) is 7.97. The number of hydrogen-bond donors (Lipinski definition) is 1. The number of nitrogens with zero attached hydrogens (tertiary/aromatic N) is 1. The van der Waals surface area contributed by atoms with Crippen LogP contribution in [0.5, 0.6) is 5.75 Å². The Labute approximate surface area is 140 Å². The second-order valence-corrected chi connectivity index (χ2v) is 5.79. The maximum atomic E-state index is 11.9. The van der Waals surface area contributed by atoms with E-state index in [4.69, 9.17) is 16.3 Å². The molecule has 0 radical (unpaired) electrons. The molecule has 1 saturated heterocycles. The standard InChI is InChI=1S/C16H21ClN2O4/c1-22-16(21)19-8-5-13(6-9-19)18-15(20)7-10-23-14-4-2-3-12(17)11-14/h2-4,11,13H,5-10H2,1H3,(H,18,20). The first kappa shape index (κ1) is 17.4. The van der Waals surface area contributed by atoms with Crippen molar-refractivity contribution in [1.29, 1.82) is 0 Å². The van der Waals surface area contributed by atoms with Gasteiger partial charge in [0.2, 0.25) is 5.91 Å². The van der Waals surface area contributed by atoms with Crippen molar-refractivity contribution >= 4 is 23.6 Å². The van der Waals surface area contributed by atoms with E-state index in [-0.39, 0.29) is 24.5 Å². The smallest absolute Gasteiger partial charge is 0.409 e. The van der Waals surface area contributed by atoms with Gasteiger partial charge in [-0.1, -0.05) is 17.7 Å². The van der Waals surface area contributed by atoms with Crippen molar-refractivity contribution in [2.45, 2.75) is 25.3 Å². The van der Waals surface area contributed by atoms with Gasteiger partial charge in [0.15, 0.2) is 0 Å². The number of carbonyl (C=O) groups is 2. The molecule has 1 fully saturated rings. The maximum absolute atomic E-state index is 11.9. The van der Waals surface area contributed by atoms with Crippen LogP contribution >= 0.6 is 11.6 Å². The number of carbonyl (C=O) groups excluding carboxylic acids is 2. The Balaban J connectivity index is 1.65. The van der Waals surface area contributed by atoms with Crippen LogP contribution in [-0.2, 0) is 9.53 Å². The third-order valence-electron chi connectivity index (χ3n) is 3.69. The Bertz CT molecular complexity index is 545. The molecule has 2 rings (SSSR count). The van der Waals surface area contributed by atoms with Crippen LogP contribution in [0.1, 0.15) is 19.3 Å². The van der Waals surface area contributed by atoms with Gasteiger partial charge in [-0.15, -0.1) is 0 Å². The summed E-state index contributed by atoms with van der Waals surface area (Å²) in [5, 5.41) is 3.57. The molecule has 0 atom stereocenters. The van der Waals surface area contributed by atoms with E-state index in [1.165, 1.54) is 7.11 Å². The minimum atomic E-state index is -0.315. The van der Waals surface area contributed by atoms with Crippen LogP contribution in [0.25, 0.3) is 0 Å². The van der Waals surface area contributed by atoms with Crippen LogP contribution in [0.3, 0.4) is 0 Å². The summed E-state index contributed by atoms with van der Waals surface area (Å²) in [6, 6.07) is 7.16. The summed E-state index contributed by atoms with van der Waals surface area (Å²) in [6.45, 7) is 1.49. The molecule has 1 aromatic carbocycles. The first-order valence-electron chi connectivity index (χ1n) is 7.59. The van der Waals surface area contributed by atoms with Crippen LogP contribution in [0.2, 0.25) is 5.02 Å². The molecule has 23 heavy (non-hydrogen) atoms. The summed E-state index contributed by atoms with van der Waals surface area (Å²) >= 11 is 5.86. The number of likely N-dealkylation sites (tertiary alicyclic amines) is 1. The Kier molecular flexibility index (Phi) is 6.52. The van der Waals surface area contributed by atoms with Gasteiger partial charge in [-0.25, -0.2) is 4.79 Å². The lowest BCUT2D eigenvalue weighted by molar-refractivity contribution is -0.122. The zero-order valence-electron chi connectivity index (χ0n) is 13.1. The maximum Gasteiger partial charge on any atom is 0.409 e. The number of nitrogens with one attached hydrogen (secondary N) is 1. The molecular formula is C16H21ClN2O4. The third kappa shape index (κ3) is 5.63. The van der Waals surface area contributed by atoms with Gasteiger partial charge in [-0.3, -0.25) is 4.79 Å². The molecule has 2 amide bonds. The summed E-state index contributed by atoms with van der Waals surface area (Å²) < 4.78 is 10.2. The van der Waals surface area contributed by atoms with E-state index in [0.29, 0.717) is 30.5 Å². The highest BCUT2D eigenvalue weighted by Crippen LogP contribution is 2.17. The summed E-state index contributed by atoms with van der Waals surface area (Å²) in [4.78, 5) is 24.9. The molecule has 0 unspecified atom stereocenters. The molecule has 7 heteroatoms. The van der Waals surface area contributed by atoms with Gasteiger partial charge in [0, 0.05) is 24.2 Å². The lowest BCUT2D eigenvalue weighted by atomic mass is 10.1. The Morgan fingerprint density at radius 1 is 1.35 bits per heavy atom. The van der Waals surface area contributed by atoms with Crippen LogP contribution in [0, 0.1) is 0 Å². The normalized spacial score (nSPS) is 15.1. The van der Waals surface area contributed by atoms with Crippen molar-refractivity contribution in [2.75, 3.05) is 26.8 Å². The molecule has 1 N–H and O–H groups in total. The van der Waals surface area contributed by atoms with Gasteiger partial charge in [-0.2, -0.15) is 0 Å². The number of ether oxygens (including phenoxy) is 2. The number of benzene rings is 1. The minimum Gasteiger partial charge on any atom is -0.493 e. The van der Waals surface area contributed by atoms with Crippen molar-refractivity contribution in [3.8, 4) is 5.75 Å². The zero-order valence-corrected chi connectivity index (χ0v) is 13.8. The van der Waals surface area contributed by atoms with E-state index in [1.807, 2.05) is 0 Å². The van der Waals surface area contributed by atoms with Crippen molar-refractivity contribution in [3.63, 3.8) is 0 Å². The van der Waals surface area contributed by atoms with Gasteiger partial charge in [0.25, 0.3) is 0 Å². The second kappa shape index (κ2) is 8.62. The fourth-order valence-corrected chi connectivity index (χ4v) is 2.63. The van der Waals surface area contributed by atoms with Crippen molar-refractivity contribution in [3.05, 3.63) is 29.3 Å². The number of halogens is 1. The number of piperidine rings is 1. The number of methoxy groups -OCH3 is 1. The van der Waals surface area contributed by atoms with Gasteiger partial charge >= 0.3 is 6.09 Å². The molecule has 6 nitrogen and oxygen atoms in total. The topological polar surface area (TPSA) is 67.9 Å². The number of rotatable bonds is 5. The molecule has 0 spiro atoms. The predicted molar refractivity (Wildman–Crippen MR) is 86.7 cm³/mol. The molecule has 0 aromatic heterocycles. The van der Waals surface area contributed by atoms with Gasteiger partial charge in [0.1, 0.15) is 5.75 Å². The predicted octanol–water partition coefficient (Wildman–Crippen LogP) is 2.46. The lowest BCUT2D eigenvalue weighted by Gasteiger charge is -2.31. The average Bonchev–Trinajstić information content (AvgIpc) is 2.55. The largest absolute Gasteiger partial charge is 0.493 e. The Morgan fingerprint density at radius 2 is 2.09 bits per heavy atom. The molecule has 1 aromatic rings. The van der Waals surface area contributed by atoms with Gasteiger partial charge < -0.3 is 19.7 Å². The molecule has 0 bridgehead atoms. The van der Waals surface area contributed by atoms with Crippen LogP contribution in [0.15, 0.2) is 24.3 Å². The van der Waals surface area contributed by atoms with Crippen LogP contribution < -0.4 is 10.1 Å². The molecule has 1 aliphatic rings. The highest BCUT2D eigenvalue weighted by molar-refractivity contribution is 6.30. The number of hydrogen-bond acceptors (Lipinski definition) is 4. The van der Waals surface area contributed by atoms with E-state index in [2.05, 4.69) is 10.1 Å². The highest BCUT2D eigenvalue weighted by atomic mass is 35.5. The van der Waals surface area contributed by atoms with Crippen molar-refractivity contribution < 1.29 is 19.1 Å². The fraction of sp³-hybridized carbons (Fsp3) is 0.500. The van der Waals surface area contributed by atoms with E-state index >= 15 is 0 Å². The van der Waals surface area contributed by atoms with Crippen molar-refractivity contribution in [2.24, 2.45) is 0 Å². The molecule has 1 aliphatic heterocycles. The molecule has 1 heterocycles. The van der Waals surface area contributed by atoms with Crippen LogP contribution in [0.4, 0.5) is 4.79 Å². The first-order chi connectivity index (χ1) is 11.1. The van der Waals surface area contributed by atoms with Crippen LogP contribution in [-0.4, -0.2) is 49.7 Å². The molecule has 126 valence electrons. The Morgan fingerprint density at radius 3 is 2.74 bits per heavy atom. The minimum absolute atomic E-state index is 0.0523. The average molecular weight is 341 g/mol. The van der Waals surface area contributed by atoms with Gasteiger partial charge in [-0.05, 0) is 31.0 Å². The highest BCUT2D eigenvalue weighted by Gasteiger charge is 2.23. The SMILES string of the molecule is COC(=O)N1CCC(NC(=O)CCOc2cccc(Cl)c2)CC1. The molecule has 0 saturated carbocycles. The van der Waals surface area contributed by atoms with Gasteiger partial charge in [0.05, 0.1) is 20.1 Å². The monoisotopic (exact) mass is 340 g/mol. The summed E-state index contributed by atoms with van der Waals surface area (Å²) in [6.07, 6.45) is 1.43. The summed E-state index contributed by atoms with van der Waals surface area (Å²) in [5.41, 5.74) is 0. The Hall–Kier alpha value is -1.95. The summed E-state index contributed by atoms with van der Waals surface area (Å²) in [7, 11) is 1.37. The number of amides is 2. The quantitative estimate of drug-likeness (QED) is 0.894. The zero-order chi connectivity index (χ0) is 16.7. The molecule has 0 aliphatic carbocycles. The van der Waals surface area contributed by atoms with E-state index < -0.39 is 0 Å². The van der Waals surface area contributed by atoms with E-state index in [1.54, 1.807) is 29.2 Å².